The van der Waals surface area contributed by atoms with Crippen LogP contribution in [0.25, 0.3) is 10.9 Å². The Balaban J connectivity index is 0.00000208. The van der Waals surface area contributed by atoms with E-state index in [1.54, 1.807) is 30.0 Å². The monoisotopic (exact) mass is 352 g/mol. The molecule has 0 aliphatic carbocycles. The molecule has 0 bridgehead atoms. The molecule has 0 saturated carbocycles. The van der Waals surface area contributed by atoms with E-state index in [0.29, 0.717) is 36.1 Å². The summed E-state index contributed by atoms with van der Waals surface area (Å²) in [5.41, 5.74) is 0.0982. The summed E-state index contributed by atoms with van der Waals surface area (Å²) in [6.07, 6.45) is 0. The second kappa shape index (κ2) is 7.19. The lowest BCUT2D eigenvalue weighted by atomic mass is 10.1. The first-order valence-electron chi connectivity index (χ1n) is 7.80. The lowest BCUT2D eigenvalue weighted by molar-refractivity contribution is 0.0709. The van der Waals surface area contributed by atoms with Crippen LogP contribution in [0, 0.1) is 0 Å². The van der Waals surface area contributed by atoms with Crippen molar-refractivity contribution in [1.29, 1.82) is 0 Å². The van der Waals surface area contributed by atoms with Crippen LogP contribution >= 0.6 is 12.4 Å². The molecule has 1 saturated heterocycles. The first-order valence-corrected chi connectivity index (χ1v) is 7.80. The minimum atomic E-state index is -0.453. The van der Waals surface area contributed by atoms with Crippen LogP contribution in [0.2, 0.25) is 0 Å². The van der Waals surface area contributed by atoms with E-state index in [1.165, 1.54) is 0 Å². The lowest BCUT2D eigenvalue weighted by Gasteiger charge is -2.32. The molecule has 2 N–H and O–H groups in total. The smallest absolute Gasteiger partial charge is 0.328 e. The average molecular weight is 353 g/mol. The van der Waals surface area contributed by atoms with E-state index >= 15 is 0 Å². The van der Waals surface area contributed by atoms with E-state index in [4.69, 9.17) is 0 Å². The third kappa shape index (κ3) is 3.22. The van der Waals surface area contributed by atoms with Gasteiger partial charge in [0.1, 0.15) is 0 Å². The number of nitrogens with one attached hydrogen (secondary N) is 2. The van der Waals surface area contributed by atoms with Gasteiger partial charge >= 0.3 is 5.69 Å². The van der Waals surface area contributed by atoms with E-state index < -0.39 is 5.69 Å². The molecule has 8 heteroatoms. The molecule has 0 spiro atoms. The summed E-state index contributed by atoms with van der Waals surface area (Å²) in [6, 6.07) is 5.10. The van der Waals surface area contributed by atoms with Crippen LogP contribution in [0.15, 0.2) is 27.8 Å². The number of carbonyl (C=O) groups is 1. The van der Waals surface area contributed by atoms with Crippen LogP contribution < -0.4 is 16.6 Å². The van der Waals surface area contributed by atoms with Gasteiger partial charge in [0.25, 0.3) is 11.5 Å². The molecule has 7 nitrogen and oxygen atoms in total. The zero-order chi connectivity index (χ0) is 16.6. The number of benzene rings is 1. The Morgan fingerprint density at radius 1 is 1.33 bits per heavy atom. The van der Waals surface area contributed by atoms with Gasteiger partial charge in [0.2, 0.25) is 0 Å². The van der Waals surface area contributed by atoms with Crippen molar-refractivity contribution in [3.63, 3.8) is 0 Å². The van der Waals surface area contributed by atoms with Crippen molar-refractivity contribution >= 4 is 29.2 Å². The predicted molar refractivity (Wildman–Crippen MR) is 95.1 cm³/mol. The third-order valence-corrected chi connectivity index (χ3v) is 4.20. The Hall–Kier alpha value is -2.12. The second-order valence-electron chi connectivity index (χ2n) is 5.85. The van der Waals surface area contributed by atoms with E-state index in [1.807, 2.05) is 6.92 Å². The number of piperazine rings is 1. The maximum Gasteiger partial charge on any atom is 0.328 e. The summed E-state index contributed by atoms with van der Waals surface area (Å²) in [5, 5.41) is 3.70. The van der Waals surface area contributed by atoms with Gasteiger partial charge in [-0.15, -0.1) is 12.4 Å². The number of hydrogen-bond acceptors (Lipinski definition) is 4. The normalized spacial score (nSPS) is 17.6. The fourth-order valence-electron chi connectivity index (χ4n) is 2.97. The molecule has 1 aromatic carbocycles. The molecule has 24 heavy (non-hydrogen) atoms. The number of H-pyrrole nitrogens is 1. The molecule has 1 atom stereocenters. The van der Waals surface area contributed by atoms with Gasteiger partial charge in [-0.25, -0.2) is 4.79 Å². The number of fused-ring (bicyclic) bond motifs is 1. The summed E-state index contributed by atoms with van der Waals surface area (Å²) in [5.74, 6) is -0.0826. The lowest BCUT2D eigenvalue weighted by Crippen LogP contribution is -2.51. The molecule has 1 aromatic heterocycles. The fraction of sp³-hybridized carbons (Fsp3) is 0.438. The van der Waals surface area contributed by atoms with E-state index in [9.17, 15) is 14.4 Å². The number of amides is 1. The zero-order valence-corrected chi connectivity index (χ0v) is 14.5. The van der Waals surface area contributed by atoms with Crippen molar-refractivity contribution in [2.24, 2.45) is 0 Å². The highest BCUT2D eigenvalue weighted by Gasteiger charge is 2.22. The second-order valence-corrected chi connectivity index (χ2v) is 5.85. The average Bonchev–Trinajstić information content (AvgIpc) is 2.54. The topological polar surface area (TPSA) is 87.2 Å². The number of aromatic amines is 1. The summed E-state index contributed by atoms with van der Waals surface area (Å²) < 4.78 is 1.14. The Labute approximate surface area is 145 Å². The van der Waals surface area contributed by atoms with Gasteiger partial charge in [0.05, 0.1) is 10.9 Å². The van der Waals surface area contributed by atoms with Crippen LogP contribution in [0.3, 0.4) is 0 Å². The Morgan fingerprint density at radius 2 is 2.08 bits per heavy atom. The molecule has 0 radical (unpaired) electrons. The van der Waals surface area contributed by atoms with Crippen molar-refractivity contribution in [1.82, 2.24) is 19.8 Å². The molecule has 2 heterocycles. The van der Waals surface area contributed by atoms with Crippen molar-refractivity contribution in [2.45, 2.75) is 26.4 Å². The van der Waals surface area contributed by atoms with Crippen LogP contribution in [-0.4, -0.2) is 46.0 Å². The van der Waals surface area contributed by atoms with E-state index in [0.717, 1.165) is 11.1 Å². The van der Waals surface area contributed by atoms with Crippen molar-refractivity contribution in [3.05, 3.63) is 44.6 Å². The summed E-state index contributed by atoms with van der Waals surface area (Å²) >= 11 is 0. The number of aromatic nitrogens is 2. The summed E-state index contributed by atoms with van der Waals surface area (Å²) in [6.45, 7) is 6.14. The molecule has 1 aliphatic rings. The standard InChI is InChI=1S/C16H20N4O3.ClH/c1-3-20-15(22)12-5-4-11(8-13(12)18-16(20)23)14(21)19-7-6-17-10(2)9-19;/h4-5,8,10,17H,3,6-7,9H2,1-2H3,(H,18,23);1H. The minimum absolute atomic E-state index is 0. The summed E-state index contributed by atoms with van der Waals surface area (Å²) in [4.78, 5) is 41.2. The largest absolute Gasteiger partial charge is 0.336 e. The maximum absolute atomic E-state index is 12.6. The summed E-state index contributed by atoms with van der Waals surface area (Å²) in [7, 11) is 0. The van der Waals surface area contributed by atoms with Crippen LogP contribution in [-0.2, 0) is 6.54 Å². The van der Waals surface area contributed by atoms with E-state index in [-0.39, 0.29) is 29.9 Å². The highest BCUT2D eigenvalue weighted by atomic mass is 35.5. The van der Waals surface area contributed by atoms with Crippen molar-refractivity contribution in [3.8, 4) is 0 Å². The van der Waals surface area contributed by atoms with E-state index in [2.05, 4.69) is 10.3 Å². The first kappa shape index (κ1) is 18.2. The third-order valence-electron chi connectivity index (χ3n) is 4.20. The highest BCUT2D eigenvalue weighted by molar-refractivity contribution is 5.97. The number of hydrogen-bond donors (Lipinski definition) is 2. The first-order chi connectivity index (χ1) is 11.0. The van der Waals surface area contributed by atoms with Crippen LogP contribution in [0.4, 0.5) is 0 Å². The Kier molecular flexibility index (Phi) is 5.46. The van der Waals surface area contributed by atoms with Gasteiger partial charge in [-0.05, 0) is 32.0 Å². The molecule has 1 aliphatic heterocycles. The fourth-order valence-corrected chi connectivity index (χ4v) is 2.97. The van der Waals surface area contributed by atoms with Gasteiger partial charge in [-0.1, -0.05) is 0 Å². The predicted octanol–water partition coefficient (Wildman–Crippen LogP) is 0.565. The van der Waals surface area contributed by atoms with Crippen LogP contribution in [0.1, 0.15) is 24.2 Å². The zero-order valence-electron chi connectivity index (χ0n) is 13.7. The molecule has 1 fully saturated rings. The SMILES string of the molecule is CCn1c(=O)[nH]c2cc(C(=O)N3CCNC(C)C3)ccc2c1=O.Cl. The molecule has 130 valence electrons. The van der Waals surface area contributed by atoms with Gasteiger partial charge in [0, 0.05) is 37.8 Å². The molecular weight excluding hydrogens is 332 g/mol. The van der Waals surface area contributed by atoms with Gasteiger partial charge < -0.3 is 15.2 Å². The quantitative estimate of drug-likeness (QED) is 0.827. The van der Waals surface area contributed by atoms with Gasteiger partial charge in [-0.3, -0.25) is 14.2 Å². The number of carbonyl (C=O) groups excluding carboxylic acids is 1. The number of halogens is 1. The molecule has 3 rings (SSSR count). The highest BCUT2D eigenvalue weighted by Crippen LogP contribution is 2.13. The maximum atomic E-state index is 12.6. The van der Waals surface area contributed by atoms with Gasteiger partial charge in [0.15, 0.2) is 0 Å². The molecule has 1 unspecified atom stereocenters. The van der Waals surface area contributed by atoms with Crippen molar-refractivity contribution in [2.75, 3.05) is 19.6 Å². The molecular formula is C16H21ClN4O3. The minimum Gasteiger partial charge on any atom is -0.336 e. The Morgan fingerprint density at radius 3 is 2.75 bits per heavy atom. The number of nitrogens with zero attached hydrogens (tertiary/aromatic N) is 2. The number of rotatable bonds is 2. The van der Waals surface area contributed by atoms with Crippen LogP contribution in [0.5, 0.6) is 0 Å². The molecule has 2 aromatic rings. The van der Waals surface area contributed by atoms with Crippen molar-refractivity contribution < 1.29 is 4.79 Å². The Bertz CT molecular complexity index is 874. The van der Waals surface area contributed by atoms with Gasteiger partial charge in [-0.2, -0.15) is 0 Å². The molecule has 1 amide bonds.